The molecule has 27 heavy (non-hydrogen) atoms. The van der Waals surface area contributed by atoms with E-state index in [0.717, 1.165) is 49.1 Å². The third-order valence-corrected chi connectivity index (χ3v) is 5.35. The van der Waals surface area contributed by atoms with Crippen molar-refractivity contribution < 1.29 is 9.69 Å². The molecule has 144 valence electrons. The predicted molar refractivity (Wildman–Crippen MR) is 112 cm³/mol. The van der Waals surface area contributed by atoms with Gasteiger partial charge in [-0.2, -0.15) is 0 Å². The number of amides is 2. The number of halogens is 2. The third-order valence-electron chi connectivity index (χ3n) is 4.79. The van der Waals surface area contributed by atoms with Crippen LogP contribution >= 0.6 is 23.2 Å². The molecule has 1 aliphatic rings. The highest BCUT2D eigenvalue weighted by Gasteiger charge is 2.21. The van der Waals surface area contributed by atoms with Crippen LogP contribution in [0, 0.1) is 6.92 Å². The van der Waals surface area contributed by atoms with E-state index in [2.05, 4.69) is 15.5 Å². The fourth-order valence-corrected chi connectivity index (χ4v) is 3.61. The first-order valence-corrected chi connectivity index (χ1v) is 9.92. The number of aryl methyl sites for hydroxylation is 1. The smallest absolute Gasteiger partial charge is 0.319 e. The lowest BCUT2D eigenvalue weighted by Gasteiger charge is -2.34. The second-order valence-corrected chi connectivity index (χ2v) is 7.67. The van der Waals surface area contributed by atoms with E-state index >= 15 is 0 Å². The molecule has 0 radical (unpaired) electrons. The highest BCUT2D eigenvalue weighted by atomic mass is 35.5. The van der Waals surface area contributed by atoms with Gasteiger partial charge in [-0.3, -0.25) is 0 Å². The van der Waals surface area contributed by atoms with Crippen molar-refractivity contribution >= 4 is 40.6 Å². The largest absolute Gasteiger partial charge is 0.359 e. The van der Waals surface area contributed by atoms with Crippen molar-refractivity contribution in [1.82, 2.24) is 5.32 Å². The number of carbonyl (C=O) groups is 1. The van der Waals surface area contributed by atoms with Gasteiger partial charge in [-0.25, -0.2) is 4.79 Å². The van der Waals surface area contributed by atoms with Crippen molar-refractivity contribution in [2.75, 3.05) is 49.5 Å². The van der Waals surface area contributed by atoms with Gasteiger partial charge in [0.15, 0.2) is 0 Å². The Kier molecular flexibility index (Phi) is 6.83. The maximum absolute atomic E-state index is 12.0. The first-order chi connectivity index (χ1) is 13.0. The molecule has 1 saturated heterocycles. The van der Waals surface area contributed by atoms with Gasteiger partial charge in [0.25, 0.3) is 0 Å². The molecular weight excluding hydrogens is 383 g/mol. The summed E-state index contributed by atoms with van der Waals surface area (Å²) in [4.78, 5) is 15.7. The lowest BCUT2D eigenvalue weighted by Crippen LogP contribution is -3.15. The fourth-order valence-electron chi connectivity index (χ4n) is 3.21. The number of nitrogens with zero attached hydrogens (tertiary/aromatic N) is 1. The fraction of sp³-hybridized carbons (Fsp3) is 0.350. The molecule has 0 bridgehead atoms. The molecule has 2 aromatic carbocycles. The average Bonchev–Trinajstić information content (AvgIpc) is 2.66. The van der Waals surface area contributed by atoms with Crippen LogP contribution in [0.1, 0.15) is 5.56 Å². The van der Waals surface area contributed by atoms with Gasteiger partial charge in [-0.05, 0) is 37.3 Å². The second-order valence-electron chi connectivity index (χ2n) is 6.83. The summed E-state index contributed by atoms with van der Waals surface area (Å²) in [6.45, 7) is 7.42. The molecule has 1 heterocycles. The van der Waals surface area contributed by atoms with Crippen LogP contribution in [0.2, 0.25) is 10.0 Å². The summed E-state index contributed by atoms with van der Waals surface area (Å²) in [5.41, 5.74) is 2.97. The molecule has 0 spiro atoms. The molecule has 7 heteroatoms. The first kappa shape index (κ1) is 19.8. The summed E-state index contributed by atoms with van der Waals surface area (Å²) >= 11 is 12.4. The zero-order chi connectivity index (χ0) is 19.2. The number of carbonyl (C=O) groups excluding carboxylic acids is 1. The van der Waals surface area contributed by atoms with Crippen molar-refractivity contribution in [3.05, 3.63) is 58.1 Å². The van der Waals surface area contributed by atoms with Crippen molar-refractivity contribution in [2.24, 2.45) is 0 Å². The zero-order valence-corrected chi connectivity index (χ0v) is 16.9. The van der Waals surface area contributed by atoms with Crippen LogP contribution in [0.15, 0.2) is 42.5 Å². The molecule has 2 amide bonds. The summed E-state index contributed by atoms with van der Waals surface area (Å²) < 4.78 is 0. The van der Waals surface area contributed by atoms with Gasteiger partial charge in [0, 0.05) is 10.7 Å². The van der Waals surface area contributed by atoms with Gasteiger partial charge in [0.05, 0.1) is 50.0 Å². The van der Waals surface area contributed by atoms with E-state index < -0.39 is 0 Å². The molecule has 1 aliphatic heterocycles. The Hall–Kier alpha value is -1.95. The van der Waals surface area contributed by atoms with E-state index in [-0.39, 0.29) is 6.03 Å². The number of anilines is 2. The minimum absolute atomic E-state index is 0.164. The van der Waals surface area contributed by atoms with E-state index in [1.165, 1.54) is 10.5 Å². The molecule has 0 saturated carbocycles. The van der Waals surface area contributed by atoms with Crippen molar-refractivity contribution in [1.29, 1.82) is 0 Å². The maximum atomic E-state index is 12.0. The summed E-state index contributed by atoms with van der Waals surface area (Å²) in [6, 6.07) is 13.2. The van der Waals surface area contributed by atoms with Gasteiger partial charge in [-0.1, -0.05) is 40.9 Å². The molecule has 0 aromatic heterocycles. The van der Waals surface area contributed by atoms with Crippen molar-refractivity contribution in [2.45, 2.75) is 6.92 Å². The van der Waals surface area contributed by atoms with Crippen LogP contribution in [0.4, 0.5) is 16.2 Å². The van der Waals surface area contributed by atoms with Crippen LogP contribution < -0.4 is 20.4 Å². The number of hydrogen-bond acceptors (Lipinski definition) is 2. The summed E-state index contributed by atoms with van der Waals surface area (Å²) in [5.74, 6) is 0. The van der Waals surface area contributed by atoms with Gasteiger partial charge >= 0.3 is 6.03 Å². The van der Waals surface area contributed by atoms with Crippen LogP contribution in [0.25, 0.3) is 0 Å². The van der Waals surface area contributed by atoms with Crippen molar-refractivity contribution in [3.63, 3.8) is 0 Å². The number of nitrogens with one attached hydrogen (secondary N) is 3. The highest BCUT2D eigenvalue weighted by molar-refractivity contribution is 6.35. The normalized spacial score (nSPS) is 14.9. The topological polar surface area (TPSA) is 48.8 Å². The number of benzene rings is 2. The third kappa shape index (κ3) is 5.76. The Morgan fingerprint density at radius 1 is 1.11 bits per heavy atom. The number of urea groups is 1. The van der Waals surface area contributed by atoms with Gasteiger partial charge in [0.2, 0.25) is 0 Å². The molecule has 0 unspecified atom stereocenters. The summed E-state index contributed by atoms with van der Waals surface area (Å²) in [5, 5.41) is 7.22. The minimum atomic E-state index is -0.164. The van der Waals surface area contributed by atoms with Crippen LogP contribution in [-0.4, -0.2) is 45.3 Å². The zero-order valence-electron chi connectivity index (χ0n) is 15.4. The van der Waals surface area contributed by atoms with Crippen LogP contribution in [0.3, 0.4) is 0 Å². The Morgan fingerprint density at radius 2 is 1.81 bits per heavy atom. The molecule has 0 aliphatic carbocycles. The molecule has 3 N–H and O–H groups in total. The molecule has 5 nitrogen and oxygen atoms in total. The first-order valence-electron chi connectivity index (χ1n) is 9.16. The highest BCUT2D eigenvalue weighted by Crippen LogP contribution is 2.28. The summed E-state index contributed by atoms with van der Waals surface area (Å²) in [7, 11) is 0. The Bertz CT molecular complexity index is 774. The molecule has 1 fully saturated rings. The molecule has 2 aromatic rings. The van der Waals surface area contributed by atoms with Crippen molar-refractivity contribution in [3.8, 4) is 0 Å². The van der Waals surface area contributed by atoms with E-state index in [9.17, 15) is 4.79 Å². The Morgan fingerprint density at radius 3 is 2.52 bits per heavy atom. The standard InChI is InChI=1S/C20H24Cl2N4O/c1-15-2-5-17(6-3-15)24-20(27)23-8-9-25-10-12-26(13-11-25)19-14-16(21)4-7-18(19)22/h2-7,14H,8-13H2,1H3,(H2,23,24,27)/p+1. The lowest BCUT2D eigenvalue weighted by molar-refractivity contribution is -0.899. The Balaban J connectivity index is 1.39. The van der Waals surface area contributed by atoms with E-state index in [0.29, 0.717) is 11.6 Å². The van der Waals surface area contributed by atoms with E-state index in [4.69, 9.17) is 23.2 Å². The number of rotatable bonds is 5. The van der Waals surface area contributed by atoms with Gasteiger partial charge in [-0.15, -0.1) is 0 Å². The van der Waals surface area contributed by atoms with Gasteiger partial charge < -0.3 is 20.4 Å². The van der Waals surface area contributed by atoms with Gasteiger partial charge in [0.1, 0.15) is 0 Å². The van der Waals surface area contributed by atoms with E-state index in [1.54, 1.807) is 0 Å². The maximum Gasteiger partial charge on any atom is 0.319 e. The number of quaternary nitrogens is 1. The molecule has 3 rings (SSSR count). The monoisotopic (exact) mass is 407 g/mol. The van der Waals surface area contributed by atoms with Crippen LogP contribution in [0.5, 0.6) is 0 Å². The average molecular weight is 408 g/mol. The van der Waals surface area contributed by atoms with Crippen LogP contribution in [-0.2, 0) is 0 Å². The Labute approximate surface area is 170 Å². The number of hydrogen-bond donors (Lipinski definition) is 3. The lowest BCUT2D eigenvalue weighted by atomic mass is 10.2. The number of piperazine rings is 1. The minimum Gasteiger partial charge on any atom is -0.359 e. The molecule has 0 atom stereocenters. The SMILES string of the molecule is Cc1ccc(NC(=O)NCC[NH+]2CCN(c3cc(Cl)ccc3Cl)CC2)cc1. The summed E-state index contributed by atoms with van der Waals surface area (Å²) in [6.07, 6.45) is 0. The quantitative estimate of drug-likeness (QED) is 0.713. The molecular formula is C20H25Cl2N4O+. The predicted octanol–water partition coefficient (Wildman–Crippen LogP) is 2.83. The van der Waals surface area contributed by atoms with E-state index in [1.807, 2.05) is 49.4 Å². The second kappa shape index (κ2) is 9.31.